The Labute approximate surface area is 141 Å². The number of ether oxygens (including phenoxy) is 2. The van der Waals surface area contributed by atoms with Gasteiger partial charge >= 0.3 is 0 Å². The monoisotopic (exact) mass is 339 g/mol. The van der Waals surface area contributed by atoms with Crippen LogP contribution < -0.4 is 10.1 Å². The lowest BCUT2D eigenvalue weighted by Gasteiger charge is -2.26. The summed E-state index contributed by atoms with van der Waals surface area (Å²) in [5, 5.41) is 12.5. The maximum Gasteiger partial charge on any atom is 0.130 e. The van der Waals surface area contributed by atoms with Crippen LogP contribution in [0.3, 0.4) is 0 Å². The summed E-state index contributed by atoms with van der Waals surface area (Å²) in [6, 6.07) is 3.70. The van der Waals surface area contributed by atoms with E-state index in [9.17, 15) is 5.11 Å². The number of aliphatic imine (C=N–C) groups is 1. The van der Waals surface area contributed by atoms with Gasteiger partial charge in [0.2, 0.25) is 0 Å². The maximum absolute atomic E-state index is 9.54. The molecule has 6 nitrogen and oxygen atoms in total. The fourth-order valence-electron chi connectivity index (χ4n) is 2.76. The SMILES string of the molecule is OCc1cc2c(cc1OCCCN1CCOCC1)C(Cl)NC=N2. The molecule has 2 heterocycles. The maximum atomic E-state index is 9.54. The predicted molar refractivity (Wildman–Crippen MR) is 89.6 cm³/mol. The minimum atomic E-state index is -0.328. The molecule has 2 aliphatic rings. The van der Waals surface area contributed by atoms with Gasteiger partial charge < -0.3 is 19.9 Å². The van der Waals surface area contributed by atoms with Crippen molar-refractivity contribution >= 4 is 23.6 Å². The lowest BCUT2D eigenvalue weighted by Crippen LogP contribution is -2.37. The lowest BCUT2D eigenvalue weighted by atomic mass is 10.1. The molecule has 23 heavy (non-hydrogen) atoms. The van der Waals surface area contributed by atoms with Gasteiger partial charge in [-0.05, 0) is 18.6 Å². The molecule has 1 unspecified atom stereocenters. The minimum Gasteiger partial charge on any atom is -0.493 e. The van der Waals surface area contributed by atoms with Gasteiger partial charge in [-0.2, -0.15) is 0 Å². The number of rotatable bonds is 6. The summed E-state index contributed by atoms with van der Waals surface area (Å²) in [5.41, 5.74) is 2.05. The number of aliphatic hydroxyl groups excluding tert-OH is 1. The van der Waals surface area contributed by atoms with E-state index < -0.39 is 0 Å². The van der Waals surface area contributed by atoms with Gasteiger partial charge in [0.15, 0.2) is 0 Å². The Morgan fingerprint density at radius 3 is 3.00 bits per heavy atom. The van der Waals surface area contributed by atoms with Crippen molar-refractivity contribution in [3.63, 3.8) is 0 Å². The van der Waals surface area contributed by atoms with Crippen LogP contribution in [0, 0.1) is 0 Å². The standard InChI is InChI=1S/C16H22ClN3O3/c17-16-13-9-15(12(10-21)8-14(13)18-11-19-16)23-5-1-2-20-3-6-22-7-4-20/h8-9,11,16,21H,1-7,10H2,(H,18,19). The van der Waals surface area contributed by atoms with Crippen LogP contribution in [0.5, 0.6) is 5.75 Å². The van der Waals surface area contributed by atoms with E-state index in [1.54, 1.807) is 6.34 Å². The lowest BCUT2D eigenvalue weighted by molar-refractivity contribution is 0.0357. The summed E-state index contributed by atoms with van der Waals surface area (Å²) in [6.07, 6.45) is 2.51. The van der Waals surface area contributed by atoms with E-state index in [0.717, 1.165) is 56.1 Å². The van der Waals surface area contributed by atoms with Crippen molar-refractivity contribution in [2.24, 2.45) is 4.99 Å². The molecule has 2 aliphatic heterocycles. The number of nitrogens with zero attached hydrogens (tertiary/aromatic N) is 2. The first-order valence-corrected chi connectivity index (χ1v) is 8.35. The number of benzene rings is 1. The molecule has 7 heteroatoms. The molecule has 0 aromatic heterocycles. The quantitative estimate of drug-likeness (QED) is 0.470. The predicted octanol–water partition coefficient (Wildman–Crippen LogP) is 1.78. The molecule has 3 rings (SSSR count). The van der Waals surface area contributed by atoms with Crippen molar-refractivity contribution in [1.82, 2.24) is 10.2 Å². The van der Waals surface area contributed by atoms with Crippen LogP contribution in [0.15, 0.2) is 17.1 Å². The third-order valence-corrected chi connectivity index (χ3v) is 4.42. The van der Waals surface area contributed by atoms with Gasteiger partial charge in [-0.3, -0.25) is 4.90 Å². The van der Waals surface area contributed by atoms with Crippen molar-refractivity contribution < 1.29 is 14.6 Å². The summed E-state index contributed by atoms with van der Waals surface area (Å²) in [5.74, 6) is 0.678. The van der Waals surface area contributed by atoms with E-state index in [1.165, 1.54) is 0 Å². The summed E-state index contributed by atoms with van der Waals surface area (Å²) >= 11 is 6.24. The Kier molecular flexibility index (Phi) is 5.72. The zero-order valence-corrected chi connectivity index (χ0v) is 13.8. The smallest absolute Gasteiger partial charge is 0.130 e. The zero-order valence-electron chi connectivity index (χ0n) is 13.0. The second-order valence-electron chi connectivity index (χ2n) is 5.62. The highest BCUT2D eigenvalue weighted by Crippen LogP contribution is 2.36. The van der Waals surface area contributed by atoms with Crippen LogP contribution in [0.2, 0.25) is 0 Å². The second kappa shape index (κ2) is 7.97. The number of nitrogens with one attached hydrogen (secondary N) is 1. The average molecular weight is 340 g/mol. The Hall–Kier alpha value is -1.34. The van der Waals surface area contributed by atoms with E-state index in [0.29, 0.717) is 12.4 Å². The number of halogens is 1. The first kappa shape index (κ1) is 16.5. The first-order chi connectivity index (χ1) is 11.3. The largest absolute Gasteiger partial charge is 0.493 e. The highest BCUT2D eigenvalue weighted by atomic mass is 35.5. The van der Waals surface area contributed by atoms with Crippen LogP contribution >= 0.6 is 11.6 Å². The topological polar surface area (TPSA) is 66.3 Å². The van der Waals surface area contributed by atoms with E-state index in [1.807, 2.05) is 12.1 Å². The average Bonchev–Trinajstić information content (AvgIpc) is 2.59. The van der Waals surface area contributed by atoms with Crippen LogP contribution in [0.25, 0.3) is 0 Å². The fourth-order valence-corrected chi connectivity index (χ4v) is 2.99. The Bertz CT molecular complexity index is 562. The van der Waals surface area contributed by atoms with Crippen molar-refractivity contribution in [1.29, 1.82) is 0 Å². The molecule has 1 aromatic carbocycles. The molecule has 2 N–H and O–H groups in total. The number of hydrogen-bond acceptors (Lipinski definition) is 6. The van der Waals surface area contributed by atoms with Gasteiger partial charge in [-0.1, -0.05) is 11.6 Å². The van der Waals surface area contributed by atoms with Crippen LogP contribution in [0.4, 0.5) is 5.69 Å². The molecule has 1 fully saturated rings. The molecular weight excluding hydrogens is 318 g/mol. The van der Waals surface area contributed by atoms with Gasteiger partial charge in [0.1, 0.15) is 11.3 Å². The molecule has 1 saturated heterocycles. The van der Waals surface area contributed by atoms with Crippen LogP contribution in [-0.2, 0) is 11.3 Å². The molecule has 0 aliphatic carbocycles. The number of aliphatic hydroxyl groups is 1. The minimum absolute atomic E-state index is 0.0814. The van der Waals surface area contributed by atoms with E-state index in [-0.39, 0.29) is 12.1 Å². The summed E-state index contributed by atoms with van der Waals surface area (Å²) < 4.78 is 11.2. The molecule has 0 spiro atoms. The highest BCUT2D eigenvalue weighted by molar-refractivity contribution is 6.21. The van der Waals surface area contributed by atoms with E-state index in [2.05, 4.69) is 15.2 Å². The van der Waals surface area contributed by atoms with Gasteiger partial charge in [-0.15, -0.1) is 0 Å². The zero-order chi connectivity index (χ0) is 16.1. The third kappa shape index (κ3) is 4.14. The van der Waals surface area contributed by atoms with Crippen molar-refractivity contribution in [3.05, 3.63) is 23.3 Å². The van der Waals surface area contributed by atoms with Crippen molar-refractivity contribution in [3.8, 4) is 5.75 Å². The van der Waals surface area contributed by atoms with E-state index >= 15 is 0 Å². The van der Waals surface area contributed by atoms with Crippen molar-refractivity contribution in [2.45, 2.75) is 18.5 Å². The summed E-state index contributed by atoms with van der Waals surface area (Å²) in [7, 11) is 0. The highest BCUT2D eigenvalue weighted by Gasteiger charge is 2.18. The molecule has 126 valence electrons. The molecule has 0 amide bonds. The van der Waals surface area contributed by atoms with E-state index in [4.69, 9.17) is 21.1 Å². The number of hydrogen-bond donors (Lipinski definition) is 2. The van der Waals surface area contributed by atoms with Crippen LogP contribution in [0.1, 0.15) is 23.0 Å². The number of alkyl halides is 1. The third-order valence-electron chi connectivity index (χ3n) is 4.06. The number of fused-ring (bicyclic) bond motifs is 1. The number of morpholine rings is 1. The Morgan fingerprint density at radius 1 is 1.39 bits per heavy atom. The first-order valence-electron chi connectivity index (χ1n) is 7.91. The summed E-state index contributed by atoms with van der Waals surface area (Å²) in [6.45, 7) is 5.11. The molecular formula is C16H22ClN3O3. The fraction of sp³-hybridized carbons (Fsp3) is 0.562. The second-order valence-corrected chi connectivity index (χ2v) is 6.06. The van der Waals surface area contributed by atoms with Gasteiger partial charge in [0.25, 0.3) is 0 Å². The Morgan fingerprint density at radius 2 is 2.22 bits per heavy atom. The summed E-state index contributed by atoms with van der Waals surface area (Å²) in [4.78, 5) is 6.62. The normalized spacial score (nSPS) is 20.9. The van der Waals surface area contributed by atoms with Gasteiger partial charge in [0, 0.05) is 30.8 Å². The van der Waals surface area contributed by atoms with Crippen LogP contribution in [-0.4, -0.2) is 55.8 Å². The van der Waals surface area contributed by atoms with Crippen molar-refractivity contribution in [2.75, 3.05) is 39.5 Å². The van der Waals surface area contributed by atoms with Gasteiger partial charge in [-0.25, -0.2) is 4.99 Å². The molecule has 1 atom stereocenters. The molecule has 0 saturated carbocycles. The Balaban J connectivity index is 1.58. The van der Waals surface area contributed by atoms with Gasteiger partial charge in [0.05, 0.1) is 38.5 Å². The molecule has 1 aromatic rings. The molecule has 0 radical (unpaired) electrons. The molecule has 0 bridgehead atoms.